The van der Waals surface area contributed by atoms with Crippen molar-refractivity contribution < 1.29 is 35.8 Å². The van der Waals surface area contributed by atoms with Crippen LogP contribution in [0.15, 0.2) is 70.5 Å². The van der Waals surface area contributed by atoms with Gasteiger partial charge in [-0.25, -0.2) is 16.8 Å². The second-order valence-corrected chi connectivity index (χ2v) is 13.0. The van der Waals surface area contributed by atoms with Crippen LogP contribution < -0.4 is 23.8 Å². The molecule has 13 heteroatoms. The number of anilines is 1. The van der Waals surface area contributed by atoms with Crippen molar-refractivity contribution in [2.24, 2.45) is 0 Å². The van der Waals surface area contributed by atoms with Gasteiger partial charge in [-0.05, 0) is 54.4 Å². The number of benzene rings is 3. The van der Waals surface area contributed by atoms with Crippen molar-refractivity contribution in [2.75, 3.05) is 38.4 Å². The van der Waals surface area contributed by atoms with Crippen LogP contribution in [0.4, 0.5) is 5.69 Å². The minimum Gasteiger partial charge on any atom is -0.495 e. The summed E-state index contributed by atoms with van der Waals surface area (Å²) in [5.74, 6) is 0.100. The highest BCUT2D eigenvalue weighted by atomic mass is 35.5. The van der Waals surface area contributed by atoms with Crippen molar-refractivity contribution >= 4 is 43.1 Å². The van der Waals surface area contributed by atoms with Crippen LogP contribution in [0, 0.1) is 0 Å². The minimum absolute atomic E-state index is 0.0606. The zero-order chi connectivity index (χ0) is 29.7. The van der Waals surface area contributed by atoms with E-state index in [1.807, 2.05) is 6.92 Å². The molecule has 0 fully saturated rings. The number of sulfonamides is 1. The van der Waals surface area contributed by atoms with Gasteiger partial charge in [-0.2, -0.15) is 0 Å². The number of nitrogens with one attached hydrogen (secondary N) is 1. The Kier molecular flexibility index (Phi) is 9.93. The van der Waals surface area contributed by atoms with E-state index in [9.17, 15) is 21.6 Å². The Morgan fingerprint density at radius 1 is 0.850 bits per heavy atom. The van der Waals surface area contributed by atoms with Crippen LogP contribution >= 0.6 is 11.6 Å². The van der Waals surface area contributed by atoms with Gasteiger partial charge in [0.05, 0.1) is 42.8 Å². The van der Waals surface area contributed by atoms with Crippen LogP contribution in [0.1, 0.15) is 24.9 Å². The summed E-state index contributed by atoms with van der Waals surface area (Å²) in [6.45, 7) is 1.23. The van der Waals surface area contributed by atoms with E-state index in [1.165, 1.54) is 63.8 Å². The Labute approximate surface area is 239 Å². The first kappa shape index (κ1) is 31.1. The zero-order valence-corrected chi connectivity index (χ0v) is 25.1. The molecule has 10 nitrogen and oxygen atoms in total. The normalized spacial score (nSPS) is 12.3. The highest BCUT2D eigenvalue weighted by Crippen LogP contribution is 2.37. The molecule has 1 atom stereocenters. The van der Waals surface area contributed by atoms with E-state index in [0.717, 1.165) is 10.6 Å². The summed E-state index contributed by atoms with van der Waals surface area (Å²) >= 11 is 6.21. The van der Waals surface area contributed by atoms with E-state index in [4.69, 9.17) is 25.8 Å². The molecule has 3 aromatic rings. The summed E-state index contributed by atoms with van der Waals surface area (Å²) in [7, 11) is -3.55. The first-order valence-corrected chi connectivity index (χ1v) is 15.7. The topological polar surface area (TPSA) is 128 Å². The lowest BCUT2D eigenvalue weighted by Gasteiger charge is -2.27. The standard InChI is InChI=1S/C27H31ClN2O8S2/c1-6-22(18-7-10-20(11-8-18)39(5,32)33)29-27(31)17-30(23-15-19(28)9-13-24(23)36-2)40(34,35)21-12-14-25(37-3)26(16-21)38-4/h7-16,22H,6,17H2,1-5H3,(H,29,31). The molecule has 0 aromatic heterocycles. The maximum atomic E-state index is 14.0. The number of sulfone groups is 1. The third-order valence-corrected chi connectivity index (χ3v) is 9.21. The molecule has 0 bridgehead atoms. The van der Waals surface area contributed by atoms with E-state index in [0.29, 0.717) is 17.7 Å². The van der Waals surface area contributed by atoms with Crippen LogP contribution in [0.3, 0.4) is 0 Å². The van der Waals surface area contributed by atoms with Gasteiger partial charge < -0.3 is 19.5 Å². The highest BCUT2D eigenvalue weighted by molar-refractivity contribution is 7.93. The molecule has 0 aliphatic carbocycles. The van der Waals surface area contributed by atoms with Crippen molar-refractivity contribution in [1.82, 2.24) is 5.32 Å². The number of hydrogen-bond donors (Lipinski definition) is 1. The second kappa shape index (κ2) is 12.8. The molecule has 216 valence electrons. The predicted molar refractivity (Wildman–Crippen MR) is 153 cm³/mol. The van der Waals surface area contributed by atoms with Gasteiger partial charge in [-0.15, -0.1) is 0 Å². The lowest BCUT2D eigenvalue weighted by Crippen LogP contribution is -2.42. The molecule has 1 N–H and O–H groups in total. The Morgan fingerprint density at radius 2 is 1.43 bits per heavy atom. The van der Waals surface area contributed by atoms with Crippen LogP contribution in [0.5, 0.6) is 17.2 Å². The van der Waals surface area contributed by atoms with Crippen molar-refractivity contribution in [1.29, 1.82) is 0 Å². The molecule has 1 amide bonds. The Balaban J connectivity index is 2.02. The summed E-state index contributed by atoms with van der Waals surface area (Å²) in [4.78, 5) is 13.4. The van der Waals surface area contributed by atoms with Gasteiger partial charge in [-0.1, -0.05) is 30.7 Å². The Morgan fingerprint density at radius 3 is 1.98 bits per heavy atom. The Bertz CT molecular complexity index is 1580. The maximum Gasteiger partial charge on any atom is 0.265 e. The van der Waals surface area contributed by atoms with Gasteiger partial charge >= 0.3 is 0 Å². The number of hydrogen-bond acceptors (Lipinski definition) is 8. The van der Waals surface area contributed by atoms with E-state index < -0.39 is 38.4 Å². The predicted octanol–water partition coefficient (Wildman–Crippen LogP) is 4.23. The largest absolute Gasteiger partial charge is 0.495 e. The molecular weight excluding hydrogens is 580 g/mol. The molecule has 1 unspecified atom stereocenters. The van der Waals surface area contributed by atoms with Gasteiger partial charge in [0.2, 0.25) is 5.91 Å². The van der Waals surface area contributed by atoms with E-state index in [-0.39, 0.29) is 32.0 Å². The number of carbonyl (C=O) groups excluding carboxylic acids is 1. The summed E-state index contributed by atoms with van der Waals surface area (Å²) in [5.41, 5.74) is 0.725. The molecule has 0 aliphatic heterocycles. The molecule has 0 heterocycles. The molecular formula is C27H31ClN2O8S2. The number of methoxy groups -OCH3 is 3. The summed E-state index contributed by atoms with van der Waals surface area (Å²) in [6.07, 6.45) is 1.57. The number of nitrogens with zero attached hydrogens (tertiary/aromatic N) is 1. The van der Waals surface area contributed by atoms with Crippen molar-refractivity contribution in [2.45, 2.75) is 29.2 Å². The first-order valence-electron chi connectivity index (χ1n) is 12.0. The van der Waals surface area contributed by atoms with Crippen LogP contribution in [-0.2, 0) is 24.7 Å². The third-order valence-electron chi connectivity index (χ3n) is 6.09. The fourth-order valence-corrected chi connectivity index (χ4v) is 6.24. The second-order valence-electron chi connectivity index (χ2n) is 8.71. The number of carbonyl (C=O) groups is 1. The van der Waals surface area contributed by atoms with Crippen molar-refractivity contribution in [3.8, 4) is 17.2 Å². The fourth-order valence-electron chi connectivity index (χ4n) is 4.00. The average Bonchev–Trinajstić information content (AvgIpc) is 2.93. The van der Waals surface area contributed by atoms with Gasteiger partial charge in [-0.3, -0.25) is 9.10 Å². The van der Waals surface area contributed by atoms with Gasteiger partial charge in [0.25, 0.3) is 10.0 Å². The van der Waals surface area contributed by atoms with E-state index in [1.54, 1.807) is 18.2 Å². The SMILES string of the molecule is CCC(NC(=O)CN(c1cc(Cl)ccc1OC)S(=O)(=O)c1ccc(OC)c(OC)c1)c1ccc(S(C)(=O)=O)cc1. The molecule has 0 spiro atoms. The quantitative estimate of drug-likeness (QED) is 0.323. The van der Waals surface area contributed by atoms with Gasteiger partial charge in [0.15, 0.2) is 21.3 Å². The molecule has 3 rings (SSSR count). The van der Waals surface area contributed by atoms with Crippen molar-refractivity contribution in [3.63, 3.8) is 0 Å². The molecule has 3 aromatic carbocycles. The number of halogens is 1. The smallest absolute Gasteiger partial charge is 0.265 e. The molecule has 0 saturated carbocycles. The minimum atomic E-state index is -4.35. The maximum absolute atomic E-state index is 14.0. The number of rotatable bonds is 12. The summed E-state index contributed by atoms with van der Waals surface area (Å²) < 4.78 is 68.4. The highest BCUT2D eigenvalue weighted by Gasteiger charge is 2.31. The lowest BCUT2D eigenvalue weighted by molar-refractivity contribution is -0.120. The van der Waals surface area contributed by atoms with Crippen molar-refractivity contribution in [3.05, 3.63) is 71.2 Å². The Hall–Kier alpha value is -3.48. The first-order chi connectivity index (χ1) is 18.8. The van der Waals surface area contributed by atoms with Crippen LogP contribution in [-0.4, -0.2) is 56.9 Å². The summed E-state index contributed by atoms with van der Waals surface area (Å²) in [5, 5.41) is 3.08. The molecule has 0 aliphatic rings. The molecule has 40 heavy (non-hydrogen) atoms. The molecule has 0 saturated heterocycles. The summed E-state index contributed by atoms with van der Waals surface area (Å²) in [6, 6.07) is 14.2. The van der Waals surface area contributed by atoms with Gasteiger partial charge in [0.1, 0.15) is 12.3 Å². The number of amides is 1. The van der Waals surface area contributed by atoms with Crippen LogP contribution in [0.25, 0.3) is 0 Å². The van der Waals surface area contributed by atoms with E-state index >= 15 is 0 Å². The van der Waals surface area contributed by atoms with E-state index in [2.05, 4.69) is 5.32 Å². The average molecular weight is 611 g/mol. The van der Waals surface area contributed by atoms with Crippen LogP contribution in [0.2, 0.25) is 5.02 Å². The van der Waals surface area contributed by atoms with Gasteiger partial charge in [0, 0.05) is 17.3 Å². The lowest BCUT2D eigenvalue weighted by atomic mass is 10.0. The third kappa shape index (κ3) is 6.98. The zero-order valence-electron chi connectivity index (χ0n) is 22.7. The number of ether oxygens (including phenoxy) is 3. The monoisotopic (exact) mass is 610 g/mol. The molecule has 0 radical (unpaired) electrons. The fraction of sp³-hybridized carbons (Fsp3) is 0.296.